The molecule has 0 saturated heterocycles. The smallest absolute Gasteiger partial charge is 0.231 e. The normalized spacial score (nSPS) is 14.0. The van der Waals surface area contributed by atoms with Crippen LogP contribution in [0.4, 0.5) is 0 Å². The van der Waals surface area contributed by atoms with Gasteiger partial charge in [0.15, 0.2) is 11.5 Å². The van der Waals surface area contributed by atoms with Crippen molar-refractivity contribution in [3.05, 3.63) is 23.8 Å². The van der Waals surface area contributed by atoms with Crippen LogP contribution in [0.25, 0.3) is 0 Å². The standard InChI is InChI=1S/C18H27NO3/c1-4-5-6-7-8-18(20)19(3)14(2)11-15-9-10-16-17(12-15)22-13-21-16/h9-10,12,14H,4-8,11,13H2,1-3H3. The number of hydrogen-bond acceptors (Lipinski definition) is 3. The number of carbonyl (C=O) groups is 1. The van der Waals surface area contributed by atoms with Gasteiger partial charge in [-0.3, -0.25) is 4.79 Å². The molecule has 22 heavy (non-hydrogen) atoms. The molecule has 1 aromatic carbocycles. The first kappa shape index (κ1) is 16.7. The Morgan fingerprint density at radius 3 is 2.77 bits per heavy atom. The van der Waals surface area contributed by atoms with E-state index in [-0.39, 0.29) is 11.9 Å². The van der Waals surface area contributed by atoms with E-state index in [1.807, 2.05) is 30.1 Å². The fraction of sp³-hybridized carbons (Fsp3) is 0.611. The summed E-state index contributed by atoms with van der Waals surface area (Å²) in [5, 5.41) is 0. The molecule has 1 aromatic rings. The second-order valence-corrected chi connectivity index (χ2v) is 6.06. The highest BCUT2D eigenvalue weighted by molar-refractivity contribution is 5.76. The van der Waals surface area contributed by atoms with Crippen molar-refractivity contribution in [1.82, 2.24) is 4.90 Å². The maximum absolute atomic E-state index is 12.2. The average Bonchev–Trinajstić information content (AvgIpc) is 2.98. The van der Waals surface area contributed by atoms with Crippen LogP contribution in [0.1, 0.15) is 51.5 Å². The molecule has 1 aliphatic heterocycles. The highest BCUT2D eigenvalue weighted by Crippen LogP contribution is 2.32. The zero-order valence-electron chi connectivity index (χ0n) is 13.9. The molecule has 2 rings (SSSR count). The molecule has 0 aliphatic carbocycles. The molecule has 1 aliphatic rings. The van der Waals surface area contributed by atoms with Crippen molar-refractivity contribution in [2.75, 3.05) is 13.8 Å². The fourth-order valence-electron chi connectivity index (χ4n) is 2.67. The van der Waals surface area contributed by atoms with Crippen LogP contribution in [0, 0.1) is 0 Å². The molecule has 122 valence electrons. The van der Waals surface area contributed by atoms with Crippen molar-refractivity contribution in [1.29, 1.82) is 0 Å². The molecule has 1 heterocycles. The van der Waals surface area contributed by atoms with E-state index in [0.717, 1.165) is 30.8 Å². The average molecular weight is 305 g/mol. The molecule has 4 nitrogen and oxygen atoms in total. The van der Waals surface area contributed by atoms with Gasteiger partial charge in [0.2, 0.25) is 12.7 Å². The van der Waals surface area contributed by atoms with E-state index >= 15 is 0 Å². The number of amides is 1. The first-order valence-electron chi connectivity index (χ1n) is 8.26. The second kappa shape index (κ2) is 8.06. The molecular weight excluding hydrogens is 278 g/mol. The van der Waals surface area contributed by atoms with Crippen molar-refractivity contribution >= 4 is 5.91 Å². The Labute approximate surface area is 133 Å². The van der Waals surface area contributed by atoms with Gasteiger partial charge in [-0.05, 0) is 37.5 Å². The monoisotopic (exact) mass is 305 g/mol. The summed E-state index contributed by atoms with van der Waals surface area (Å²) in [6.45, 7) is 4.57. The zero-order chi connectivity index (χ0) is 15.9. The van der Waals surface area contributed by atoms with E-state index in [4.69, 9.17) is 9.47 Å². The van der Waals surface area contributed by atoms with Gasteiger partial charge in [-0.2, -0.15) is 0 Å². The molecule has 0 spiro atoms. The predicted molar refractivity (Wildman–Crippen MR) is 87.3 cm³/mol. The zero-order valence-corrected chi connectivity index (χ0v) is 13.9. The minimum atomic E-state index is 0.180. The third-order valence-corrected chi connectivity index (χ3v) is 4.27. The Kier molecular flexibility index (Phi) is 6.10. The predicted octanol–water partition coefficient (Wildman–Crippen LogP) is 3.78. The molecule has 1 unspecified atom stereocenters. The SMILES string of the molecule is CCCCCCC(=O)N(C)C(C)Cc1ccc2c(c1)OCO2. The van der Waals surface area contributed by atoms with Crippen molar-refractivity contribution in [3.8, 4) is 11.5 Å². The van der Waals surface area contributed by atoms with Gasteiger partial charge in [0.1, 0.15) is 0 Å². The van der Waals surface area contributed by atoms with Crippen LogP contribution in [0.3, 0.4) is 0 Å². The topological polar surface area (TPSA) is 38.8 Å². The van der Waals surface area contributed by atoms with E-state index < -0.39 is 0 Å². The quantitative estimate of drug-likeness (QED) is 0.686. The van der Waals surface area contributed by atoms with Gasteiger partial charge in [-0.25, -0.2) is 0 Å². The maximum Gasteiger partial charge on any atom is 0.231 e. The number of nitrogens with zero attached hydrogens (tertiary/aromatic N) is 1. The summed E-state index contributed by atoms with van der Waals surface area (Å²) in [6, 6.07) is 6.18. The number of hydrogen-bond donors (Lipinski definition) is 0. The number of fused-ring (bicyclic) bond motifs is 1. The van der Waals surface area contributed by atoms with Crippen molar-refractivity contribution in [2.24, 2.45) is 0 Å². The van der Waals surface area contributed by atoms with Crippen molar-refractivity contribution in [2.45, 2.75) is 58.4 Å². The lowest BCUT2D eigenvalue weighted by Gasteiger charge is -2.25. The Hall–Kier alpha value is -1.71. The van der Waals surface area contributed by atoms with Crippen LogP contribution in [0.15, 0.2) is 18.2 Å². The first-order valence-corrected chi connectivity index (χ1v) is 8.26. The van der Waals surface area contributed by atoms with Gasteiger partial charge in [0.05, 0.1) is 0 Å². The van der Waals surface area contributed by atoms with Crippen LogP contribution < -0.4 is 9.47 Å². The minimum absolute atomic E-state index is 0.180. The summed E-state index contributed by atoms with van der Waals surface area (Å²) in [7, 11) is 1.90. The lowest BCUT2D eigenvalue weighted by Crippen LogP contribution is -2.36. The Bertz CT molecular complexity index is 501. The molecule has 0 fully saturated rings. The molecule has 0 N–H and O–H groups in total. The number of carbonyl (C=O) groups excluding carboxylic acids is 1. The summed E-state index contributed by atoms with van der Waals surface area (Å²) in [5.41, 5.74) is 1.17. The van der Waals surface area contributed by atoms with Crippen LogP contribution in [0.5, 0.6) is 11.5 Å². The van der Waals surface area contributed by atoms with Gasteiger partial charge < -0.3 is 14.4 Å². The molecule has 0 aromatic heterocycles. The summed E-state index contributed by atoms with van der Waals surface area (Å²) < 4.78 is 10.7. The summed E-state index contributed by atoms with van der Waals surface area (Å²) in [5.74, 6) is 1.85. The second-order valence-electron chi connectivity index (χ2n) is 6.06. The lowest BCUT2D eigenvalue weighted by molar-refractivity contribution is -0.131. The highest BCUT2D eigenvalue weighted by atomic mass is 16.7. The third-order valence-electron chi connectivity index (χ3n) is 4.27. The lowest BCUT2D eigenvalue weighted by atomic mass is 10.0. The number of benzene rings is 1. The molecule has 0 bridgehead atoms. The largest absolute Gasteiger partial charge is 0.454 e. The number of likely N-dealkylation sites (N-methyl/N-ethyl adjacent to an activating group) is 1. The van der Waals surface area contributed by atoms with E-state index in [0.29, 0.717) is 13.2 Å². The molecule has 1 atom stereocenters. The van der Waals surface area contributed by atoms with Gasteiger partial charge >= 0.3 is 0 Å². The Morgan fingerprint density at radius 1 is 1.23 bits per heavy atom. The maximum atomic E-state index is 12.2. The van der Waals surface area contributed by atoms with Crippen LogP contribution in [-0.2, 0) is 11.2 Å². The van der Waals surface area contributed by atoms with Crippen LogP contribution >= 0.6 is 0 Å². The number of rotatable bonds is 8. The third kappa shape index (κ3) is 4.39. The van der Waals surface area contributed by atoms with E-state index in [1.165, 1.54) is 18.4 Å². The summed E-state index contributed by atoms with van der Waals surface area (Å²) in [6.07, 6.45) is 6.03. The molecule has 4 heteroatoms. The van der Waals surface area contributed by atoms with E-state index in [1.54, 1.807) is 0 Å². The van der Waals surface area contributed by atoms with Gasteiger partial charge in [0.25, 0.3) is 0 Å². The Morgan fingerprint density at radius 2 is 2.00 bits per heavy atom. The van der Waals surface area contributed by atoms with Crippen LogP contribution in [0.2, 0.25) is 0 Å². The fourth-order valence-corrected chi connectivity index (χ4v) is 2.67. The molecular formula is C18H27NO3. The number of unbranched alkanes of at least 4 members (excludes halogenated alkanes) is 3. The minimum Gasteiger partial charge on any atom is -0.454 e. The van der Waals surface area contributed by atoms with Gasteiger partial charge in [-0.15, -0.1) is 0 Å². The van der Waals surface area contributed by atoms with Gasteiger partial charge in [0, 0.05) is 19.5 Å². The first-order chi connectivity index (χ1) is 10.6. The Balaban J connectivity index is 1.82. The van der Waals surface area contributed by atoms with Crippen LogP contribution in [-0.4, -0.2) is 30.7 Å². The van der Waals surface area contributed by atoms with E-state index in [9.17, 15) is 4.79 Å². The van der Waals surface area contributed by atoms with Crippen molar-refractivity contribution in [3.63, 3.8) is 0 Å². The molecule has 0 saturated carbocycles. The number of ether oxygens (including phenoxy) is 2. The highest BCUT2D eigenvalue weighted by Gasteiger charge is 2.18. The summed E-state index contributed by atoms with van der Waals surface area (Å²) in [4.78, 5) is 14.1. The van der Waals surface area contributed by atoms with E-state index in [2.05, 4.69) is 13.8 Å². The molecule has 0 radical (unpaired) electrons. The van der Waals surface area contributed by atoms with Crippen molar-refractivity contribution < 1.29 is 14.3 Å². The molecule has 1 amide bonds. The summed E-state index contributed by atoms with van der Waals surface area (Å²) >= 11 is 0. The van der Waals surface area contributed by atoms with Gasteiger partial charge in [-0.1, -0.05) is 32.3 Å².